The Morgan fingerprint density at radius 3 is 1.24 bits per heavy atom. The van der Waals surface area contributed by atoms with Crippen molar-refractivity contribution in [1.82, 2.24) is 9.13 Å². The fraction of sp³-hybridized carbons (Fsp3) is 0.385. The van der Waals surface area contributed by atoms with Crippen molar-refractivity contribution in [1.29, 1.82) is 0 Å². The van der Waals surface area contributed by atoms with Gasteiger partial charge in [0.25, 0.3) is 8.40 Å². The van der Waals surface area contributed by atoms with E-state index in [-0.39, 0.29) is 11.1 Å². The topological polar surface area (TPSA) is 6.48 Å². The zero-order valence-electron chi connectivity index (χ0n) is 18.6. The lowest BCUT2D eigenvalue weighted by molar-refractivity contribution is 0.255. The predicted octanol–water partition coefficient (Wildman–Crippen LogP) is 6.33. The van der Waals surface area contributed by atoms with Gasteiger partial charge in [-0.25, -0.2) is 0 Å². The standard InChI is InChI=1S/C26H34N2Si/c1-25(2,3)27-19-20-28(26(4,5)6)29(27)23(21-13-9-7-10-14-21)17-18-24(29)22-15-11-8-12-16-22/h7-20,23-24H,1-6H3/t23-,24+. The lowest BCUT2D eigenvalue weighted by Crippen LogP contribution is -2.71. The first-order valence-corrected chi connectivity index (χ1v) is 12.8. The van der Waals surface area contributed by atoms with Crippen LogP contribution in [-0.4, -0.2) is 28.6 Å². The summed E-state index contributed by atoms with van der Waals surface area (Å²) in [6.45, 7) is 14.2. The Balaban J connectivity index is 1.98. The number of allylic oxidation sites excluding steroid dienone is 2. The highest BCUT2D eigenvalue weighted by Crippen LogP contribution is 2.54. The van der Waals surface area contributed by atoms with E-state index in [2.05, 4.69) is 136 Å². The summed E-state index contributed by atoms with van der Waals surface area (Å²) in [5, 5.41) is 0. The molecule has 0 amide bonds. The highest BCUT2D eigenvalue weighted by atomic mass is 28.4. The Labute approximate surface area is 177 Å². The van der Waals surface area contributed by atoms with Gasteiger partial charge in [-0.15, -0.1) is 0 Å². The molecule has 4 rings (SSSR count). The SMILES string of the molecule is CC(C)(C)N1C=CN(C(C)(C)C)[Si]12[C@@H](c1ccccc1)C=C[C@H]2c1ccccc1. The monoisotopic (exact) mass is 402 g/mol. The van der Waals surface area contributed by atoms with Crippen LogP contribution in [0.2, 0.25) is 0 Å². The van der Waals surface area contributed by atoms with Crippen molar-refractivity contribution >= 4 is 8.40 Å². The van der Waals surface area contributed by atoms with Crippen LogP contribution in [0.25, 0.3) is 0 Å². The second kappa shape index (κ2) is 6.91. The van der Waals surface area contributed by atoms with Crippen LogP contribution in [-0.2, 0) is 0 Å². The van der Waals surface area contributed by atoms with E-state index >= 15 is 0 Å². The van der Waals surface area contributed by atoms with E-state index in [9.17, 15) is 0 Å². The fourth-order valence-electron chi connectivity index (χ4n) is 5.34. The van der Waals surface area contributed by atoms with Crippen molar-refractivity contribution in [2.24, 2.45) is 0 Å². The van der Waals surface area contributed by atoms with Gasteiger partial charge in [0.2, 0.25) is 0 Å². The van der Waals surface area contributed by atoms with Crippen molar-refractivity contribution in [2.75, 3.05) is 0 Å². The maximum atomic E-state index is 2.75. The zero-order valence-corrected chi connectivity index (χ0v) is 19.6. The van der Waals surface area contributed by atoms with Crippen LogP contribution in [0.4, 0.5) is 0 Å². The molecule has 2 heterocycles. The van der Waals surface area contributed by atoms with Gasteiger partial charge >= 0.3 is 0 Å². The van der Waals surface area contributed by atoms with Crippen LogP contribution in [0, 0.1) is 0 Å². The molecule has 152 valence electrons. The molecule has 0 aliphatic carbocycles. The Hall–Kier alpha value is -2.26. The largest absolute Gasteiger partial charge is 0.380 e. The minimum absolute atomic E-state index is 0.0504. The molecule has 0 unspecified atom stereocenters. The molecule has 0 fully saturated rings. The molecule has 2 aliphatic rings. The molecule has 2 aromatic rings. The first kappa shape index (κ1) is 20.0. The zero-order chi connectivity index (χ0) is 20.9. The number of benzene rings is 2. The molecule has 0 saturated heterocycles. The predicted molar refractivity (Wildman–Crippen MR) is 126 cm³/mol. The van der Waals surface area contributed by atoms with Gasteiger partial charge in [0.1, 0.15) is 0 Å². The highest BCUT2D eigenvalue weighted by Gasteiger charge is 2.64. The Morgan fingerprint density at radius 2 is 0.931 bits per heavy atom. The second-order valence-corrected chi connectivity index (χ2v) is 14.1. The number of nitrogens with zero attached hydrogens (tertiary/aromatic N) is 2. The number of rotatable bonds is 2. The third-order valence-electron chi connectivity index (χ3n) is 6.31. The average Bonchev–Trinajstić information content (AvgIpc) is 3.25. The summed E-state index contributed by atoms with van der Waals surface area (Å²) >= 11 is 0. The highest BCUT2D eigenvalue weighted by molar-refractivity contribution is 6.80. The Kier molecular flexibility index (Phi) is 4.77. The molecular formula is C26H34N2Si. The number of hydrogen-bond acceptors (Lipinski definition) is 2. The molecule has 2 nitrogen and oxygen atoms in total. The Morgan fingerprint density at radius 1 is 0.586 bits per heavy atom. The summed E-state index contributed by atoms with van der Waals surface area (Å²) in [7, 11) is -2.29. The third-order valence-corrected chi connectivity index (χ3v) is 12.4. The smallest absolute Gasteiger partial charge is 0.287 e. The second-order valence-electron chi connectivity index (χ2n) is 10.3. The van der Waals surface area contributed by atoms with E-state index in [1.807, 2.05) is 0 Å². The van der Waals surface area contributed by atoms with E-state index in [0.29, 0.717) is 11.1 Å². The molecule has 0 radical (unpaired) electrons. The van der Waals surface area contributed by atoms with Crippen LogP contribution in [0.5, 0.6) is 0 Å². The van der Waals surface area contributed by atoms with E-state index < -0.39 is 8.40 Å². The van der Waals surface area contributed by atoms with Crippen molar-refractivity contribution in [3.63, 3.8) is 0 Å². The number of hydrogen-bond donors (Lipinski definition) is 0. The van der Waals surface area contributed by atoms with Gasteiger partial charge < -0.3 is 9.13 Å². The van der Waals surface area contributed by atoms with Crippen molar-refractivity contribution in [3.8, 4) is 0 Å². The Bertz CT molecular complexity index is 828. The normalized spacial score (nSPS) is 23.4. The van der Waals surface area contributed by atoms with Crippen molar-refractivity contribution in [3.05, 3.63) is 96.3 Å². The van der Waals surface area contributed by atoms with Gasteiger partial charge in [-0.1, -0.05) is 72.8 Å². The third kappa shape index (κ3) is 3.16. The summed E-state index contributed by atoms with van der Waals surface area (Å²) in [4.78, 5) is 0. The van der Waals surface area contributed by atoms with Crippen LogP contribution < -0.4 is 0 Å². The quantitative estimate of drug-likeness (QED) is 0.428. The summed E-state index contributed by atoms with van der Waals surface area (Å²) in [6.07, 6.45) is 9.78. The molecule has 2 atom stereocenters. The molecule has 0 saturated carbocycles. The van der Waals surface area contributed by atoms with E-state index in [1.54, 1.807) is 0 Å². The molecule has 3 heteroatoms. The fourth-order valence-corrected chi connectivity index (χ4v) is 12.1. The molecule has 29 heavy (non-hydrogen) atoms. The van der Waals surface area contributed by atoms with E-state index in [1.165, 1.54) is 11.1 Å². The lowest BCUT2D eigenvalue weighted by atomic mass is 10.1. The molecule has 0 N–H and O–H groups in total. The summed E-state index contributed by atoms with van der Waals surface area (Å²) in [5.41, 5.74) is 3.77. The van der Waals surface area contributed by atoms with E-state index in [0.717, 1.165) is 0 Å². The van der Waals surface area contributed by atoms with Crippen molar-refractivity contribution < 1.29 is 0 Å². The first-order valence-electron chi connectivity index (χ1n) is 10.7. The van der Waals surface area contributed by atoms with Crippen LogP contribution in [0.15, 0.2) is 85.2 Å². The molecule has 2 aromatic carbocycles. The average molecular weight is 403 g/mol. The maximum absolute atomic E-state index is 2.75. The van der Waals surface area contributed by atoms with Crippen LogP contribution in [0.1, 0.15) is 63.8 Å². The molecular weight excluding hydrogens is 368 g/mol. The van der Waals surface area contributed by atoms with Gasteiger partial charge in [-0.05, 0) is 52.7 Å². The van der Waals surface area contributed by atoms with Crippen LogP contribution >= 0.6 is 0 Å². The van der Waals surface area contributed by atoms with Gasteiger partial charge in [0, 0.05) is 34.6 Å². The molecule has 0 bridgehead atoms. The minimum atomic E-state index is -2.29. The maximum Gasteiger partial charge on any atom is 0.287 e. The molecule has 1 spiro atoms. The van der Waals surface area contributed by atoms with Crippen LogP contribution in [0.3, 0.4) is 0 Å². The first-order chi connectivity index (χ1) is 13.7. The lowest BCUT2D eigenvalue weighted by Gasteiger charge is -2.56. The van der Waals surface area contributed by atoms with Gasteiger partial charge in [0.05, 0.1) is 0 Å². The molecule has 0 aromatic heterocycles. The minimum Gasteiger partial charge on any atom is -0.380 e. The summed E-state index contributed by atoms with van der Waals surface area (Å²) in [5.74, 6) is 0. The van der Waals surface area contributed by atoms with Crippen molar-refractivity contribution in [2.45, 2.75) is 63.7 Å². The molecule has 2 aliphatic heterocycles. The van der Waals surface area contributed by atoms with E-state index in [4.69, 9.17) is 0 Å². The summed E-state index contributed by atoms with van der Waals surface area (Å²) in [6, 6.07) is 22.3. The van der Waals surface area contributed by atoms with Gasteiger partial charge in [-0.3, -0.25) is 0 Å². The van der Waals surface area contributed by atoms with Gasteiger partial charge in [0.15, 0.2) is 0 Å². The van der Waals surface area contributed by atoms with Gasteiger partial charge in [-0.2, -0.15) is 0 Å². The summed E-state index contributed by atoms with van der Waals surface area (Å²) < 4.78 is 5.50.